The Hall–Kier alpha value is -1.40. The molecule has 0 spiro atoms. The summed E-state index contributed by atoms with van der Waals surface area (Å²) in [6.45, 7) is 1.38. The van der Waals surface area contributed by atoms with Crippen LogP contribution in [0.25, 0.3) is 0 Å². The van der Waals surface area contributed by atoms with Gasteiger partial charge in [0.1, 0.15) is 4.90 Å². The first-order chi connectivity index (χ1) is 7.42. The van der Waals surface area contributed by atoms with E-state index in [0.717, 1.165) is 0 Å². The maximum atomic E-state index is 11.7. The molecule has 0 radical (unpaired) electrons. The SMILES string of the molecule is COC(=O)[C@]1(C)OS(=O)(=O)c2ccccc21. The number of hydrogen-bond donors (Lipinski definition) is 0. The van der Waals surface area contributed by atoms with E-state index < -0.39 is 21.7 Å². The Bertz CT molecular complexity index is 548. The van der Waals surface area contributed by atoms with Crippen molar-refractivity contribution in [3.8, 4) is 0 Å². The summed E-state index contributed by atoms with van der Waals surface area (Å²) in [7, 11) is -2.68. The highest BCUT2D eigenvalue weighted by Crippen LogP contribution is 2.41. The zero-order valence-electron chi connectivity index (χ0n) is 8.76. The van der Waals surface area contributed by atoms with E-state index in [1.807, 2.05) is 0 Å². The minimum absolute atomic E-state index is 0.0166. The molecule has 86 valence electrons. The lowest BCUT2D eigenvalue weighted by molar-refractivity contribution is -0.157. The standard InChI is InChI=1S/C10H10O5S/c1-10(9(11)14-2)7-5-3-4-6-8(7)16(12,13)15-10/h3-6H,1-2H3/t10-/m1/s1. The summed E-state index contributed by atoms with van der Waals surface area (Å²) < 4.78 is 32.7. The highest BCUT2D eigenvalue weighted by Gasteiger charge is 2.51. The first-order valence-corrected chi connectivity index (χ1v) is 5.96. The maximum absolute atomic E-state index is 11.7. The van der Waals surface area contributed by atoms with Crippen molar-refractivity contribution >= 4 is 16.1 Å². The zero-order valence-corrected chi connectivity index (χ0v) is 9.58. The molecule has 0 unspecified atom stereocenters. The molecule has 0 amide bonds. The van der Waals surface area contributed by atoms with Gasteiger partial charge in [0.2, 0.25) is 5.60 Å². The fourth-order valence-electron chi connectivity index (χ4n) is 1.73. The van der Waals surface area contributed by atoms with Crippen molar-refractivity contribution in [2.75, 3.05) is 7.11 Å². The van der Waals surface area contributed by atoms with Gasteiger partial charge >= 0.3 is 5.97 Å². The number of carbonyl (C=O) groups is 1. The Morgan fingerprint density at radius 2 is 2.00 bits per heavy atom. The molecule has 1 aromatic rings. The van der Waals surface area contributed by atoms with Gasteiger partial charge < -0.3 is 4.74 Å². The van der Waals surface area contributed by atoms with E-state index in [1.165, 1.54) is 26.2 Å². The van der Waals surface area contributed by atoms with Gasteiger partial charge in [-0.2, -0.15) is 8.42 Å². The van der Waals surface area contributed by atoms with E-state index >= 15 is 0 Å². The molecule has 0 saturated carbocycles. The molecule has 0 bridgehead atoms. The van der Waals surface area contributed by atoms with E-state index in [4.69, 9.17) is 4.18 Å². The second kappa shape index (κ2) is 3.29. The summed E-state index contributed by atoms with van der Waals surface area (Å²) in [5.74, 6) is -0.735. The average molecular weight is 242 g/mol. The van der Waals surface area contributed by atoms with Crippen LogP contribution in [0.2, 0.25) is 0 Å². The van der Waals surface area contributed by atoms with Gasteiger partial charge in [-0.3, -0.25) is 0 Å². The Labute approximate surface area is 93.1 Å². The number of hydrogen-bond acceptors (Lipinski definition) is 5. The summed E-state index contributed by atoms with van der Waals surface area (Å²) in [5, 5.41) is 0. The van der Waals surface area contributed by atoms with Gasteiger partial charge in [-0.1, -0.05) is 18.2 Å². The van der Waals surface area contributed by atoms with Gasteiger partial charge in [0.05, 0.1) is 7.11 Å². The predicted molar refractivity (Wildman–Crippen MR) is 54.1 cm³/mol. The fourth-order valence-corrected chi connectivity index (χ4v) is 3.19. The highest BCUT2D eigenvalue weighted by molar-refractivity contribution is 7.87. The minimum Gasteiger partial charge on any atom is -0.467 e. The van der Waals surface area contributed by atoms with Crippen LogP contribution in [0.3, 0.4) is 0 Å². The van der Waals surface area contributed by atoms with Gasteiger partial charge in [-0.15, -0.1) is 0 Å². The molecule has 1 aromatic carbocycles. The summed E-state index contributed by atoms with van der Waals surface area (Å²) in [4.78, 5) is 11.6. The fraction of sp³-hybridized carbons (Fsp3) is 0.300. The topological polar surface area (TPSA) is 69.7 Å². The zero-order chi connectivity index (χ0) is 12.0. The Balaban J connectivity index is 2.70. The van der Waals surface area contributed by atoms with Gasteiger partial charge in [-0.25, -0.2) is 8.98 Å². The van der Waals surface area contributed by atoms with Crippen LogP contribution in [0.4, 0.5) is 0 Å². The van der Waals surface area contributed by atoms with Crippen LogP contribution in [0.1, 0.15) is 12.5 Å². The van der Waals surface area contributed by atoms with E-state index in [2.05, 4.69) is 4.74 Å². The van der Waals surface area contributed by atoms with Crippen molar-refractivity contribution in [3.63, 3.8) is 0 Å². The summed E-state index contributed by atoms with van der Waals surface area (Å²) in [6.07, 6.45) is 0. The molecular weight excluding hydrogens is 232 g/mol. The van der Waals surface area contributed by atoms with Crippen molar-refractivity contribution < 1.29 is 22.1 Å². The lowest BCUT2D eigenvalue weighted by Gasteiger charge is -2.18. The lowest BCUT2D eigenvalue weighted by atomic mass is 9.96. The van der Waals surface area contributed by atoms with Crippen molar-refractivity contribution in [1.29, 1.82) is 0 Å². The van der Waals surface area contributed by atoms with E-state index in [0.29, 0.717) is 5.56 Å². The van der Waals surface area contributed by atoms with Crippen LogP contribution in [0, 0.1) is 0 Å². The van der Waals surface area contributed by atoms with Crippen molar-refractivity contribution in [1.82, 2.24) is 0 Å². The quantitative estimate of drug-likeness (QED) is 0.538. The molecular formula is C10H10O5S. The van der Waals surface area contributed by atoms with Crippen LogP contribution in [0.5, 0.6) is 0 Å². The number of ether oxygens (including phenoxy) is 1. The number of fused-ring (bicyclic) bond motifs is 1. The predicted octanol–water partition coefficient (Wildman–Crippen LogP) is 0.794. The lowest BCUT2D eigenvalue weighted by Crippen LogP contribution is -2.33. The second-order valence-electron chi connectivity index (χ2n) is 3.56. The number of esters is 1. The van der Waals surface area contributed by atoms with Crippen molar-refractivity contribution in [2.24, 2.45) is 0 Å². The van der Waals surface area contributed by atoms with E-state index in [1.54, 1.807) is 12.1 Å². The van der Waals surface area contributed by atoms with Gasteiger partial charge in [0, 0.05) is 5.56 Å². The Morgan fingerprint density at radius 1 is 1.38 bits per heavy atom. The monoisotopic (exact) mass is 242 g/mol. The summed E-state index contributed by atoms with van der Waals surface area (Å²) >= 11 is 0. The Kier molecular flexibility index (Phi) is 2.28. The Morgan fingerprint density at radius 3 is 2.62 bits per heavy atom. The van der Waals surface area contributed by atoms with Gasteiger partial charge in [-0.05, 0) is 13.0 Å². The van der Waals surface area contributed by atoms with Crippen LogP contribution in [-0.2, 0) is 29.4 Å². The molecule has 0 N–H and O–H groups in total. The highest BCUT2D eigenvalue weighted by atomic mass is 32.2. The first-order valence-electron chi connectivity index (χ1n) is 4.55. The van der Waals surface area contributed by atoms with Crippen LogP contribution < -0.4 is 0 Å². The molecule has 0 fully saturated rings. The van der Waals surface area contributed by atoms with Gasteiger partial charge in [0.15, 0.2) is 0 Å². The minimum atomic E-state index is -3.87. The van der Waals surface area contributed by atoms with Gasteiger partial charge in [0.25, 0.3) is 10.1 Å². The number of benzene rings is 1. The molecule has 16 heavy (non-hydrogen) atoms. The molecule has 0 saturated heterocycles. The molecule has 5 nitrogen and oxygen atoms in total. The molecule has 1 heterocycles. The van der Waals surface area contributed by atoms with Crippen molar-refractivity contribution in [3.05, 3.63) is 29.8 Å². The van der Waals surface area contributed by atoms with E-state index in [9.17, 15) is 13.2 Å². The molecule has 2 rings (SSSR count). The van der Waals surface area contributed by atoms with E-state index in [-0.39, 0.29) is 4.90 Å². The maximum Gasteiger partial charge on any atom is 0.344 e. The molecule has 0 aliphatic carbocycles. The summed E-state index contributed by atoms with van der Waals surface area (Å²) in [6, 6.07) is 6.16. The van der Waals surface area contributed by atoms with Crippen LogP contribution in [-0.4, -0.2) is 21.5 Å². The molecule has 1 aliphatic heterocycles. The normalized spacial score (nSPS) is 26.1. The number of rotatable bonds is 1. The molecule has 1 atom stereocenters. The van der Waals surface area contributed by atoms with Crippen LogP contribution in [0.15, 0.2) is 29.2 Å². The number of carbonyl (C=O) groups excluding carboxylic acids is 1. The second-order valence-corrected chi connectivity index (χ2v) is 5.07. The third-order valence-electron chi connectivity index (χ3n) is 2.52. The molecule has 0 aromatic heterocycles. The average Bonchev–Trinajstić information content (AvgIpc) is 2.47. The molecule has 6 heteroatoms. The largest absolute Gasteiger partial charge is 0.467 e. The third-order valence-corrected chi connectivity index (χ3v) is 3.97. The van der Waals surface area contributed by atoms with Crippen molar-refractivity contribution in [2.45, 2.75) is 17.4 Å². The van der Waals surface area contributed by atoms with Crippen LogP contribution >= 0.6 is 0 Å². The third kappa shape index (κ3) is 1.34. The first kappa shape index (κ1) is 11.1. The molecule has 1 aliphatic rings. The number of methoxy groups -OCH3 is 1. The smallest absolute Gasteiger partial charge is 0.344 e. The summed E-state index contributed by atoms with van der Waals surface area (Å²) in [5.41, 5.74) is -1.27.